The van der Waals surface area contributed by atoms with Crippen molar-refractivity contribution in [2.45, 2.75) is 6.54 Å². The summed E-state index contributed by atoms with van der Waals surface area (Å²) in [5, 5.41) is 15.2. The minimum Gasteiger partial charge on any atom is -0.452 e. The number of para-hydroxylation sites is 1. The molecule has 32 heavy (non-hydrogen) atoms. The van der Waals surface area contributed by atoms with Crippen LogP contribution < -0.4 is 0 Å². The lowest BCUT2D eigenvalue weighted by molar-refractivity contribution is -0.384. The second-order valence-electron chi connectivity index (χ2n) is 6.79. The molecule has 0 aliphatic heterocycles. The molecule has 1 amide bonds. The number of aromatic nitrogens is 2. The Hall–Kier alpha value is -3.98. The van der Waals surface area contributed by atoms with Crippen molar-refractivity contribution >= 4 is 35.2 Å². The van der Waals surface area contributed by atoms with Crippen LogP contribution in [-0.4, -0.2) is 45.1 Å². The Balaban J connectivity index is 1.50. The summed E-state index contributed by atoms with van der Waals surface area (Å²) in [6.45, 7) is -0.138. The molecular weight excluding hydrogens is 436 g/mol. The largest absolute Gasteiger partial charge is 0.452 e. The highest BCUT2D eigenvalue weighted by Gasteiger charge is 2.14. The Morgan fingerprint density at radius 2 is 2.00 bits per heavy atom. The lowest BCUT2D eigenvalue weighted by Crippen LogP contribution is -2.30. The molecule has 2 aromatic carbocycles. The molecule has 0 aliphatic rings. The van der Waals surface area contributed by atoms with Crippen LogP contribution in [0.25, 0.3) is 11.8 Å². The summed E-state index contributed by atoms with van der Waals surface area (Å²) in [5.41, 5.74) is 1.85. The van der Waals surface area contributed by atoms with E-state index >= 15 is 0 Å². The molecule has 3 rings (SSSR count). The van der Waals surface area contributed by atoms with Crippen molar-refractivity contribution in [1.29, 1.82) is 0 Å². The van der Waals surface area contributed by atoms with E-state index in [9.17, 15) is 19.7 Å². The minimum atomic E-state index is -0.749. The van der Waals surface area contributed by atoms with E-state index in [1.807, 2.05) is 36.5 Å². The van der Waals surface area contributed by atoms with Gasteiger partial charge in [0.25, 0.3) is 11.6 Å². The van der Waals surface area contributed by atoms with E-state index in [2.05, 4.69) is 5.10 Å². The molecule has 0 fully saturated rings. The van der Waals surface area contributed by atoms with Crippen molar-refractivity contribution in [3.8, 4) is 5.69 Å². The average molecular weight is 455 g/mol. The zero-order valence-corrected chi connectivity index (χ0v) is 17.8. The van der Waals surface area contributed by atoms with Gasteiger partial charge in [0.1, 0.15) is 5.02 Å². The minimum absolute atomic E-state index is 0.00216. The summed E-state index contributed by atoms with van der Waals surface area (Å²) >= 11 is 5.75. The fourth-order valence-electron chi connectivity index (χ4n) is 2.75. The van der Waals surface area contributed by atoms with Crippen molar-refractivity contribution < 1.29 is 19.2 Å². The van der Waals surface area contributed by atoms with Crippen LogP contribution in [0.1, 0.15) is 11.1 Å². The van der Waals surface area contributed by atoms with E-state index in [0.29, 0.717) is 12.1 Å². The Kier molecular flexibility index (Phi) is 7.35. The van der Waals surface area contributed by atoms with Crippen molar-refractivity contribution in [2.24, 2.45) is 0 Å². The normalized spacial score (nSPS) is 10.8. The quantitative estimate of drug-likeness (QED) is 0.222. The lowest BCUT2D eigenvalue weighted by atomic mass is 10.2. The first-order valence-electron chi connectivity index (χ1n) is 9.45. The zero-order valence-electron chi connectivity index (χ0n) is 17.1. The molecular formula is C22H19ClN4O5. The van der Waals surface area contributed by atoms with Gasteiger partial charge in [0, 0.05) is 37.5 Å². The van der Waals surface area contributed by atoms with Crippen LogP contribution in [0.2, 0.25) is 5.02 Å². The number of nitro benzene ring substituents is 1. The highest BCUT2D eigenvalue weighted by molar-refractivity contribution is 6.32. The topological polar surface area (TPSA) is 108 Å². The molecule has 0 atom stereocenters. The summed E-state index contributed by atoms with van der Waals surface area (Å²) in [6, 6.07) is 13.7. The SMILES string of the molecule is CN(Cc1cnn(-c2ccccc2)c1)C(=O)COC(=O)/C=C/c1ccc(Cl)c([N+](=O)[O-])c1. The van der Waals surface area contributed by atoms with Gasteiger partial charge in [-0.2, -0.15) is 5.10 Å². The number of amides is 1. The molecule has 0 N–H and O–H groups in total. The van der Waals surface area contributed by atoms with Gasteiger partial charge in [0.2, 0.25) is 0 Å². The Bertz CT molecular complexity index is 1160. The highest BCUT2D eigenvalue weighted by Crippen LogP contribution is 2.25. The summed E-state index contributed by atoms with van der Waals surface area (Å²) in [5.74, 6) is -1.14. The fourth-order valence-corrected chi connectivity index (χ4v) is 2.94. The molecule has 0 saturated heterocycles. The number of nitrogens with zero attached hydrogens (tertiary/aromatic N) is 4. The summed E-state index contributed by atoms with van der Waals surface area (Å²) in [6.07, 6.45) is 5.91. The van der Waals surface area contributed by atoms with Crippen molar-refractivity contribution in [3.63, 3.8) is 0 Å². The van der Waals surface area contributed by atoms with Crippen molar-refractivity contribution in [2.75, 3.05) is 13.7 Å². The van der Waals surface area contributed by atoms with E-state index < -0.39 is 17.5 Å². The maximum absolute atomic E-state index is 12.3. The number of carbonyl (C=O) groups excluding carboxylic acids is 2. The number of ether oxygens (including phenoxy) is 1. The molecule has 164 valence electrons. The number of nitro groups is 1. The number of esters is 1. The van der Waals surface area contributed by atoms with Gasteiger partial charge in [-0.25, -0.2) is 9.48 Å². The molecule has 1 aromatic heterocycles. The van der Waals surface area contributed by atoms with Crippen molar-refractivity contribution in [1.82, 2.24) is 14.7 Å². The van der Waals surface area contributed by atoms with Gasteiger partial charge in [0.05, 0.1) is 16.8 Å². The summed E-state index contributed by atoms with van der Waals surface area (Å²) in [4.78, 5) is 35.9. The standard InChI is InChI=1S/C22H19ClN4O5/c1-25(13-17-12-24-26(14-17)18-5-3-2-4-6-18)21(28)15-32-22(29)10-8-16-7-9-19(23)20(11-16)27(30)31/h2-12,14H,13,15H2,1H3/b10-8+. The first-order valence-corrected chi connectivity index (χ1v) is 9.83. The lowest BCUT2D eigenvalue weighted by Gasteiger charge is -2.15. The number of rotatable bonds is 8. The van der Waals surface area contributed by atoms with Gasteiger partial charge in [-0.1, -0.05) is 35.9 Å². The van der Waals surface area contributed by atoms with Crippen LogP contribution in [0.4, 0.5) is 5.69 Å². The second-order valence-corrected chi connectivity index (χ2v) is 7.19. The number of halogens is 1. The Labute approximate surface area is 188 Å². The molecule has 0 unspecified atom stereocenters. The maximum Gasteiger partial charge on any atom is 0.331 e. The van der Waals surface area contributed by atoms with Gasteiger partial charge in [-0.15, -0.1) is 0 Å². The molecule has 0 saturated carbocycles. The van der Waals surface area contributed by atoms with Crippen LogP contribution in [0.15, 0.2) is 67.0 Å². The molecule has 9 nitrogen and oxygen atoms in total. The highest BCUT2D eigenvalue weighted by atomic mass is 35.5. The van der Waals surface area contributed by atoms with E-state index in [1.165, 1.54) is 29.2 Å². The van der Waals surface area contributed by atoms with Gasteiger partial charge in [-0.3, -0.25) is 14.9 Å². The van der Waals surface area contributed by atoms with Crippen LogP contribution in [0.3, 0.4) is 0 Å². The zero-order chi connectivity index (χ0) is 23.1. The van der Waals surface area contributed by atoms with Crippen LogP contribution in [0, 0.1) is 10.1 Å². The number of benzene rings is 2. The maximum atomic E-state index is 12.3. The van der Waals surface area contributed by atoms with Gasteiger partial charge < -0.3 is 9.64 Å². The molecule has 0 bridgehead atoms. The van der Waals surface area contributed by atoms with Crippen molar-refractivity contribution in [3.05, 3.63) is 93.3 Å². The molecule has 10 heteroatoms. The Morgan fingerprint density at radius 3 is 2.72 bits per heavy atom. The Morgan fingerprint density at radius 1 is 1.25 bits per heavy atom. The van der Waals surface area contributed by atoms with Gasteiger partial charge in [-0.05, 0) is 29.8 Å². The third kappa shape index (κ3) is 6.02. The van der Waals surface area contributed by atoms with Crippen LogP contribution in [-0.2, 0) is 20.9 Å². The van der Waals surface area contributed by atoms with E-state index in [0.717, 1.165) is 17.3 Å². The smallest absolute Gasteiger partial charge is 0.331 e. The third-order valence-electron chi connectivity index (χ3n) is 4.42. The average Bonchev–Trinajstić information content (AvgIpc) is 3.25. The third-order valence-corrected chi connectivity index (χ3v) is 4.74. The predicted octanol–water partition coefficient (Wildman–Crippen LogP) is 3.65. The number of hydrogen-bond donors (Lipinski definition) is 0. The van der Waals surface area contributed by atoms with E-state index in [-0.39, 0.29) is 16.6 Å². The van der Waals surface area contributed by atoms with Gasteiger partial charge in [0.15, 0.2) is 6.61 Å². The molecule has 3 aromatic rings. The summed E-state index contributed by atoms with van der Waals surface area (Å²) < 4.78 is 6.67. The fraction of sp³-hybridized carbons (Fsp3) is 0.136. The summed E-state index contributed by atoms with van der Waals surface area (Å²) in [7, 11) is 1.60. The van der Waals surface area contributed by atoms with Gasteiger partial charge >= 0.3 is 5.97 Å². The molecule has 0 aliphatic carbocycles. The van der Waals surface area contributed by atoms with E-state index in [4.69, 9.17) is 16.3 Å². The molecule has 1 heterocycles. The predicted molar refractivity (Wildman–Crippen MR) is 118 cm³/mol. The number of hydrogen-bond acceptors (Lipinski definition) is 6. The number of carbonyl (C=O) groups is 2. The van der Waals surface area contributed by atoms with Crippen LogP contribution in [0.5, 0.6) is 0 Å². The second kappa shape index (κ2) is 10.4. The monoisotopic (exact) mass is 454 g/mol. The van der Waals surface area contributed by atoms with Crippen LogP contribution >= 0.6 is 11.6 Å². The number of likely N-dealkylation sites (N-methyl/N-ethyl adjacent to an activating group) is 1. The molecule has 0 radical (unpaired) electrons. The first kappa shape index (κ1) is 22.7. The molecule has 0 spiro atoms. The van der Waals surface area contributed by atoms with E-state index in [1.54, 1.807) is 17.9 Å². The first-order chi connectivity index (χ1) is 15.3.